The zero-order valence-electron chi connectivity index (χ0n) is 28.4. The summed E-state index contributed by atoms with van der Waals surface area (Å²) in [6.45, 7) is 4.25. The van der Waals surface area contributed by atoms with Crippen LogP contribution >= 0.6 is 11.6 Å². The minimum Gasteiger partial charge on any atom is -0.436 e. The number of nitrogen functional groups attached to an aromatic ring is 1. The van der Waals surface area contributed by atoms with E-state index in [9.17, 15) is 27.6 Å². The van der Waals surface area contributed by atoms with Gasteiger partial charge in [-0.1, -0.05) is 29.8 Å². The largest absolute Gasteiger partial charge is 0.436 e. The number of anilines is 2. The van der Waals surface area contributed by atoms with Crippen molar-refractivity contribution in [3.8, 4) is 0 Å². The van der Waals surface area contributed by atoms with Crippen molar-refractivity contribution in [2.45, 2.75) is 69.7 Å². The first-order valence-corrected chi connectivity index (χ1v) is 18.0. The van der Waals surface area contributed by atoms with Crippen LogP contribution in [0.4, 0.5) is 34.1 Å². The van der Waals surface area contributed by atoms with Crippen molar-refractivity contribution >= 4 is 41.0 Å². The highest BCUT2D eigenvalue weighted by Crippen LogP contribution is 2.38. The molecule has 3 N–H and O–H groups in total. The van der Waals surface area contributed by atoms with E-state index in [1.54, 1.807) is 4.90 Å². The van der Waals surface area contributed by atoms with Crippen LogP contribution in [0.25, 0.3) is 0 Å². The number of urea groups is 1. The van der Waals surface area contributed by atoms with Crippen LogP contribution in [0, 0.1) is 11.8 Å². The Kier molecular flexibility index (Phi) is 11.0. The predicted molar refractivity (Wildman–Crippen MR) is 185 cm³/mol. The molecule has 0 bridgehead atoms. The number of fused-ring (bicyclic) bond motifs is 1. The van der Waals surface area contributed by atoms with Crippen LogP contribution in [-0.4, -0.2) is 103 Å². The summed E-state index contributed by atoms with van der Waals surface area (Å²) in [5, 5.41) is 2.71. The van der Waals surface area contributed by atoms with Gasteiger partial charge in [0, 0.05) is 50.9 Å². The summed E-state index contributed by atoms with van der Waals surface area (Å²) < 4.78 is 47.3. The lowest BCUT2D eigenvalue weighted by atomic mass is 9.79. The first-order valence-electron chi connectivity index (χ1n) is 17.6. The first kappa shape index (κ1) is 36.1. The van der Waals surface area contributed by atoms with Gasteiger partial charge in [0.15, 0.2) is 6.10 Å². The number of rotatable bonds is 6. The van der Waals surface area contributed by atoms with Crippen molar-refractivity contribution in [2.75, 3.05) is 63.9 Å². The Morgan fingerprint density at radius 3 is 2.22 bits per heavy atom. The summed E-state index contributed by atoms with van der Waals surface area (Å²) in [7, 11) is 2.13. The van der Waals surface area contributed by atoms with Crippen LogP contribution in [-0.2, 0) is 28.5 Å². The number of ether oxygens (including phenoxy) is 1. The highest BCUT2D eigenvalue weighted by molar-refractivity contribution is 6.33. The van der Waals surface area contributed by atoms with Gasteiger partial charge in [-0.05, 0) is 106 Å². The molecule has 0 aliphatic carbocycles. The third-order valence-electron chi connectivity index (χ3n) is 11.0. The Balaban J connectivity index is 1.12. The van der Waals surface area contributed by atoms with Crippen molar-refractivity contribution in [2.24, 2.45) is 11.8 Å². The second kappa shape index (κ2) is 15.3. The highest BCUT2D eigenvalue weighted by atomic mass is 35.5. The number of nitrogens with two attached hydrogens (primary N) is 1. The number of alkyl halides is 3. The summed E-state index contributed by atoms with van der Waals surface area (Å²) in [6.07, 6.45) is -1.45. The third-order valence-corrected chi connectivity index (χ3v) is 11.3. The van der Waals surface area contributed by atoms with Crippen molar-refractivity contribution in [1.29, 1.82) is 0 Å². The lowest BCUT2D eigenvalue weighted by molar-refractivity contribution is -0.142. The van der Waals surface area contributed by atoms with Gasteiger partial charge in [0.1, 0.15) is 0 Å². The minimum absolute atomic E-state index is 0.0886. The quantitative estimate of drug-likeness (QED) is 0.348. The number of hydrogen-bond donors (Lipinski definition) is 2. The predicted octanol–water partition coefficient (Wildman–Crippen LogP) is 6.12. The van der Waals surface area contributed by atoms with E-state index in [4.69, 9.17) is 22.1 Å². The Morgan fingerprint density at radius 2 is 1.56 bits per heavy atom. The molecule has 4 aliphatic heterocycles. The van der Waals surface area contributed by atoms with E-state index in [2.05, 4.69) is 17.3 Å². The number of hydrogen-bond acceptors (Lipinski definition) is 6. The molecule has 6 rings (SSSR count). The van der Waals surface area contributed by atoms with Gasteiger partial charge in [-0.15, -0.1) is 0 Å². The van der Waals surface area contributed by atoms with Gasteiger partial charge in [0.25, 0.3) is 5.91 Å². The molecule has 4 aliphatic rings. The number of halogens is 4. The number of nitrogens with one attached hydrogen (secondary N) is 1. The van der Waals surface area contributed by atoms with Gasteiger partial charge in [-0.2, -0.15) is 13.2 Å². The molecule has 0 spiro atoms. The fourth-order valence-electron chi connectivity index (χ4n) is 8.01. The molecule has 0 unspecified atom stereocenters. The summed E-state index contributed by atoms with van der Waals surface area (Å²) in [6, 6.07) is 9.60. The summed E-state index contributed by atoms with van der Waals surface area (Å²) in [5.41, 5.74) is 5.93. The Labute approximate surface area is 296 Å². The monoisotopic (exact) mass is 718 g/mol. The van der Waals surface area contributed by atoms with E-state index >= 15 is 0 Å². The molecule has 3 saturated heterocycles. The number of likely N-dealkylation sites (tertiary alicyclic amines) is 3. The molecule has 4 heterocycles. The Hall–Kier alpha value is -3.71. The number of carbonyl (C=O) groups is 3. The van der Waals surface area contributed by atoms with Crippen molar-refractivity contribution in [1.82, 2.24) is 19.6 Å². The average molecular weight is 719 g/mol. The standard InChI is InChI=1S/C36H46ClF3N6O4/c1-43-13-6-24(7-14-43)25-8-15-44(16-9-25)33(47)31(22-23-20-28(36(38,39)40)32(41)29(37)21-23)50-35(49)45-17-11-27(12-18-45)46-19-10-26-4-2-3-5-30(26)42-34(46)48/h2-5,20-21,24-25,27,31H,6-19,22,41H2,1H3,(H,42,48)/t31-/m1/s1. The number of benzene rings is 2. The topological polar surface area (TPSA) is 111 Å². The van der Waals surface area contributed by atoms with Gasteiger partial charge in [0.2, 0.25) is 0 Å². The SMILES string of the molecule is CN1CCC(C2CCN(C(=O)[C@@H](Cc3cc(Cl)c(N)c(C(F)(F)F)c3)OC(=O)N3CCC(N4CCc5ccccc5NC4=O)CC3)CC2)CC1. The van der Waals surface area contributed by atoms with Crippen LogP contribution in [0.3, 0.4) is 0 Å². The highest BCUT2D eigenvalue weighted by Gasteiger charge is 2.38. The molecule has 1 atom stereocenters. The second-order valence-corrected chi connectivity index (χ2v) is 14.6. The normalized spacial score (nSPS) is 21.0. The maximum Gasteiger partial charge on any atom is 0.418 e. The number of amides is 4. The van der Waals surface area contributed by atoms with Gasteiger partial charge in [-0.3, -0.25) is 4.79 Å². The van der Waals surface area contributed by atoms with Crippen molar-refractivity contribution in [3.05, 3.63) is 58.1 Å². The van der Waals surface area contributed by atoms with Crippen molar-refractivity contribution < 1.29 is 32.3 Å². The molecule has 3 fully saturated rings. The molecule has 4 amide bonds. The molecule has 10 nitrogen and oxygen atoms in total. The van der Waals surface area contributed by atoms with Gasteiger partial charge in [0.05, 0.1) is 16.3 Å². The van der Waals surface area contributed by atoms with E-state index in [0.29, 0.717) is 63.8 Å². The molecule has 0 aromatic heterocycles. The number of para-hydroxylation sites is 1. The Bertz CT molecular complexity index is 1550. The molecule has 272 valence electrons. The number of piperidine rings is 3. The van der Waals surface area contributed by atoms with Crippen LogP contribution in [0.2, 0.25) is 5.02 Å². The molecule has 2 aromatic carbocycles. The van der Waals surface area contributed by atoms with Crippen LogP contribution in [0.15, 0.2) is 36.4 Å². The van der Waals surface area contributed by atoms with Crippen molar-refractivity contribution in [3.63, 3.8) is 0 Å². The lowest BCUT2D eigenvalue weighted by Crippen LogP contribution is -2.52. The molecule has 50 heavy (non-hydrogen) atoms. The van der Waals surface area contributed by atoms with Crippen LogP contribution in [0.1, 0.15) is 55.2 Å². The average Bonchev–Trinajstić information content (AvgIpc) is 3.27. The van der Waals surface area contributed by atoms with E-state index < -0.39 is 35.5 Å². The molecule has 0 radical (unpaired) electrons. The zero-order valence-corrected chi connectivity index (χ0v) is 29.1. The van der Waals surface area contributed by atoms with Crippen LogP contribution < -0.4 is 11.1 Å². The van der Waals surface area contributed by atoms with E-state index in [-0.39, 0.29) is 29.1 Å². The molecule has 2 aromatic rings. The van der Waals surface area contributed by atoms with Gasteiger partial charge < -0.3 is 35.4 Å². The fourth-order valence-corrected chi connectivity index (χ4v) is 8.25. The maximum absolute atomic E-state index is 14.0. The molecular formula is C36H46ClF3N6O4. The summed E-state index contributed by atoms with van der Waals surface area (Å²) in [4.78, 5) is 48.0. The Morgan fingerprint density at radius 1 is 0.940 bits per heavy atom. The lowest BCUT2D eigenvalue weighted by Gasteiger charge is -2.40. The summed E-state index contributed by atoms with van der Waals surface area (Å²) in [5.74, 6) is 0.673. The van der Waals surface area contributed by atoms with E-state index in [1.165, 1.54) is 11.0 Å². The molecule has 14 heteroatoms. The molecular weight excluding hydrogens is 673 g/mol. The third kappa shape index (κ3) is 8.25. The van der Waals surface area contributed by atoms with Gasteiger partial charge in [-0.25, -0.2) is 9.59 Å². The smallest absolute Gasteiger partial charge is 0.418 e. The second-order valence-electron chi connectivity index (χ2n) is 14.2. The summed E-state index contributed by atoms with van der Waals surface area (Å²) >= 11 is 6.12. The first-order chi connectivity index (χ1) is 23.9. The fraction of sp³-hybridized carbons (Fsp3) is 0.583. The van der Waals surface area contributed by atoms with E-state index in [0.717, 1.165) is 56.1 Å². The van der Waals surface area contributed by atoms with E-state index in [1.807, 2.05) is 29.2 Å². The number of carbonyl (C=O) groups excluding carboxylic acids is 3. The van der Waals surface area contributed by atoms with Crippen LogP contribution in [0.5, 0.6) is 0 Å². The molecule has 0 saturated carbocycles. The minimum atomic E-state index is -4.76. The van der Waals surface area contributed by atoms with Gasteiger partial charge >= 0.3 is 18.3 Å². The number of nitrogens with zero attached hydrogens (tertiary/aromatic N) is 4. The maximum atomic E-state index is 14.0. The zero-order chi connectivity index (χ0) is 35.6.